The molecule has 0 fully saturated rings. The smallest absolute Gasteiger partial charge is 0.0887 e. The Labute approximate surface area is 224 Å². The van der Waals surface area contributed by atoms with Gasteiger partial charge < -0.3 is 4.57 Å². The molecule has 0 aliphatic heterocycles. The number of pyridine rings is 3. The van der Waals surface area contributed by atoms with Crippen LogP contribution in [0.15, 0.2) is 134 Å². The summed E-state index contributed by atoms with van der Waals surface area (Å²) in [5.74, 6) is 0. The van der Waals surface area contributed by atoms with Crippen LogP contribution in [0.5, 0.6) is 0 Å². The first kappa shape index (κ1) is 21.7. The Bertz CT molecular complexity index is 2160. The van der Waals surface area contributed by atoms with Gasteiger partial charge in [-0.05, 0) is 65.4 Å². The van der Waals surface area contributed by atoms with Crippen molar-refractivity contribution < 1.29 is 0 Å². The summed E-state index contributed by atoms with van der Waals surface area (Å²) in [6, 6.07) is 42.3. The van der Waals surface area contributed by atoms with E-state index in [2.05, 4.69) is 94.5 Å². The molecule has 0 aliphatic rings. The van der Waals surface area contributed by atoms with Gasteiger partial charge >= 0.3 is 0 Å². The molecule has 0 radical (unpaired) electrons. The minimum absolute atomic E-state index is 0.857. The molecule has 4 heteroatoms. The van der Waals surface area contributed by atoms with Crippen LogP contribution in [-0.2, 0) is 0 Å². The van der Waals surface area contributed by atoms with Gasteiger partial charge in [-0.25, -0.2) is 4.98 Å². The molecule has 182 valence electrons. The molecule has 39 heavy (non-hydrogen) atoms. The van der Waals surface area contributed by atoms with Crippen molar-refractivity contribution in [2.45, 2.75) is 0 Å². The average Bonchev–Trinajstić information content (AvgIpc) is 3.35. The van der Waals surface area contributed by atoms with Gasteiger partial charge in [0.2, 0.25) is 0 Å². The van der Waals surface area contributed by atoms with E-state index in [0.717, 1.165) is 50.3 Å². The van der Waals surface area contributed by atoms with Crippen molar-refractivity contribution in [3.63, 3.8) is 0 Å². The van der Waals surface area contributed by atoms with Gasteiger partial charge in [-0.1, -0.05) is 66.7 Å². The molecule has 0 saturated carbocycles. The normalized spacial score (nSPS) is 11.6. The Kier molecular flexibility index (Phi) is 4.79. The number of rotatable bonds is 3. The number of fused-ring (bicyclic) bond motifs is 6. The molecule has 0 amide bonds. The van der Waals surface area contributed by atoms with E-state index in [4.69, 9.17) is 9.97 Å². The van der Waals surface area contributed by atoms with Gasteiger partial charge in [0, 0.05) is 27.9 Å². The number of para-hydroxylation sites is 1. The van der Waals surface area contributed by atoms with Gasteiger partial charge in [0.15, 0.2) is 0 Å². The van der Waals surface area contributed by atoms with Crippen molar-refractivity contribution >= 4 is 43.5 Å². The van der Waals surface area contributed by atoms with Crippen LogP contribution in [0.3, 0.4) is 0 Å². The zero-order valence-electron chi connectivity index (χ0n) is 21.0. The second kappa shape index (κ2) is 8.61. The van der Waals surface area contributed by atoms with E-state index in [0.29, 0.717) is 0 Å². The summed E-state index contributed by atoms with van der Waals surface area (Å²) in [6.45, 7) is 0. The summed E-state index contributed by atoms with van der Waals surface area (Å²) >= 11 is 0. The summed E-state index contributed by atoms with van der Waals surface area (Å²) in [5, 5.41) is 6.04. The molecule has 0 aliphatic carbocycles. The first-order valence-corrected chi connectivity index (χ1v) is 13.0. The highest BCUT2D eigenvalue weighted by Crippen LogP contribution is 2.38. The third kappa shape index (κ3) is 3.50. The molecular formula is C35H22N4. The quantitative estimate of drug-likeness (QED) is 0.245. The van der Waals surface area contributed by atoms with Crippen LogP contribution in [0.2, 0.25) is 0 Å². The molecular weight excluding hydrogens is 476 g/mol. The predicted octanol–water partition coefficient (Wildman–Crippen LogP) is 8.61. The van der Waals surface area contributed by atoms with Crippen LogP contribution in [0.4, 0.5) is 0 Å². The second-order valence-electron chi connectivity index (χ2n) is 9.75. The van der Waals surface area contributed by atoms with Crippen molar-refractivity contribution in [2.24, 2.45) is 0 Å². The highest BCUT2D eigenvalue weighted by atomic mass is 15.0. The highest BCUT2D eigenvalue weighted by molar-refractivity contribution is 6.21. The van der Waals surface area contributed by atoms with E-state index < -0.39 is 0 Å². The fourth-order valence-electron chi connectivity index (χ4n) is 5.64. The molecule has 0 unspecified atom stereocenters. The van der Waals surface area contributed by atoms with Crippen LogP contribution in [0.25, 0.3) is 71.8 Å². The van der Waals surface area contributed by atoms with E-state index >= 15 is 0 Å². The van der Waals surface area contributed by atoms with Crippen molar-refractivity contribution in [2.75, 3.05) is 0 Å². The Hall–Kier alpha value is -5.35. The maximum atomic E-state index is 4.98. The van der Waals surface area contributed by atoms with Gasteiger partial charge in [-0.15, -0.1) is 0 Å². The number of nitrogens with zero attached hydrogens (tertiary/aromatic N) is 4. The van der Waals surface area contributed by atoms with E-state index in [-0.39, 0.29) is 0 Å². The zero-order chi connectivity index (χ0) is 25.8. The largest absolute Gasteiger partial charge is 0.308 e. The standard InChI is InChI=1S/C35H22N4/c1-3-9-27-23(7-1)13-19-34-35(27)28-21-25(30-16-12-24-8-2-4-10-29(24)38-30)14-18-33(28)39(34)26-15-17-32(37-22-26)31-11-5-6-20-36-31/h1-22H. The van der Waals surface area contributed by atoms with Gasteiger partial charge in [-0.2, -0.15) is 0 Å². The molecule has 8 aromatic rings. The first-order valence-electron chi connectivity index (χ1n) is 13.0. The number of aromatic nitrogens is 4. The van der Waals surface area contributed by atoms with Gasteiger partial charge in [-0.3, -0.25) is 9.97 Å². The minimum Gasteiger partial charge on any atom is -0.308 e. The summed E-state index contributed by atoms with van der Waals surface area (Å²) in [4.78, 5) is 14.2. The Morgan fingerprint density at radius 3 is 2.15 bits per heavy atom. The van der Waals surface area contributed by atoms with Gasteiger partial charge in [0.25, 0.3) is 0 Å². The number of benzene rings is 4. The van der Waals surface area contributed by atoms with Crippen molar-refractivity contribution in [3.8, 4) is 28.3 Å². The summed E-state index contributed by atoms with van der Waals surface area (Å²) in [6.07, 6.45) is 3.74. The molecule has 0 bridgehead atoms. The molecule has 4 aromatic heterocycles. The lowest BCUT2D eigenvalue weighted by atomic mass is 10.0. The zero-order valence-corrected chi connectivity index (χ0v) is 21.0. The minimum atomic E-state index is 0.857. The van der Waals surface area contributed by atoms with Crippen LogP contribution in [0.1, 0.15) is 0 Å². The molecule has 4 heterocycles. The predicted molar refractivity (Wildman–Crippen MR) is 160 cm³/mol. The molecule has 0 atom stereocenters. The lowest BCUT2D eigenvalue weighted by Gasteiger charge is -2.09. The van der Waals surface area contributed by atoms with Gasteiger partial charge in [0.1, 0.15) is 0 Å². The molecule has 4 aromatic carbocycles. The molecule has 0 saturated heterocycles. The molecule has 0 spiro atoms. The SMILES string of the molecule is c1ccc(-c2ccc(-n3c4ccc(-c5ccc6ccccc6n5)cc4c4c5ccccc5ccc43)cn2)nc1. The third-order valence-corrected chi connectivity index (χ3v) is 7.48. The topological polar surface area (TPSA) is 43.6 Å². The third-order valence-electron chi connectivity index (χ3n) is 7.48. The molecule has 0 N–H and O–H groups in total. The monoisotopic (exact) mass is 498 g/mol. The van der Waals surface area contributed by atoms with Crippen LogP contribution < -0.4 is 0 Å². The van der Waals surface area contributed by atoms with E-state index in [1.165, 1.54) is 21.5 Å². The second-order valence-corrected chi connectivity index (χ2v) is 9.75. The van der Waals surface area contributed by atoms with Crippen LogP contribution >= 0.6 is 0 Å². The van der Waals surface area contributed by atoms with E-state index in [1.54, 1.807) is 6.20 Å². The van der Waals surface area contributed by atoms with E-state index in [9.17, 15) is 0 Å². The van der Waals surface area contributed by atoms with Crippen molar-refractivity contribution in [1.29, 1.82) is 0 Å². The maximum Gasteiger partial charge on any atom is 0.0887 e. The first-order chi connectivity index (χ1) is 19.3. The number of hydrogen-bond donors (Lipinski definition) is 0. The number of hydrogen-bond acceptors (Lipinski definition) is 3. The Morgan fingerprint density at radius 2 is 1.28 bits per heavy atom. The maximum absolute atomic E-state index is 4.98. The lowest BCUT2D eigenvalue weighted by molar-refractivity contribution is 1.14. The van der Waals surface area contributed by atoms with Gasteiger partial charge in [0.05, 0.1) is 45.5 Å². The van der Waals surface area contributed by atoms with Crippen LogP contribution in [-0.4, -0.2) is 19.5 Å². The van der Waals surface area contributed by atoms with Crippen molar-refractivity contribution in [1.82, 2.24) is 19.5 Å². The Balaban J connectivity index is 1.38. The average molecular weight is 499 g/mol. The van der Waals surface area contributed by atoms with Crippen LogP contribution in [0, 0.1) is 0 Å². The highest BCUT2D eigenvalue weighted by Gasteiger charge is 2.16. The molecule has 4 nitrogen and oxygen atoms in total. The summed E-state index contributed by atoms with van der Waals surface area (Å²) < 4.78 is 2.31. The van der Waals surface area contributed by atoms with E-state index in [1.807, 2.05) is 42.6 Å². The fourth-order valence-corrected chi connectivity index (χ4v) is 5.64. The summed E-state index contributed by atoms with van der Waals surface area (Å²) in [7, 11) is 0. The fraction of sp³-hybridized carbons (Fsp3) is 0. The lowest BCUT2D eigenvalue weighted by Crippen LogP contribution is -1.96. The Morgan fingerprint density at radius 1 is 0.513 bits per heavy atom. The van der Waals surface area contributed by atoms with Crippen molar-refractivity contribution in [3.05, 3.63) is 134 Å². The molecule has 8 rings (SSSR count). The summed E-state index contributed by atoms with van der Waals surface area (Å²) in [5.41, 5.74) is 8.10.